The number of hydrogen-bond acceptors (Lipinski definition) is 6. The van der Waals surface area contributed by atoms with Gasteiger partial charge in [-0.25, -0.2) is 0 Å². The lowest BCUT2D eigenvalue weighted by Gasteiger charge is -2.19. The Bertz CT molecular complexity index is 901. The van der Waals surface area contributed by atoms with E-state index < -0.39 is 0 Å². The molecule has 0 radical (unpaired) electrons. The summed E-state index contributed by atoms with van der Waals surface area (Å²) in [6.07, 6.45) is 3.53. The van der Waals surface area contributed by atoms with Crippen molar-refractivity contribution in [2.45, 2.75) is 10.9 Å². The van der Waals surface area contributed by atoms with Gasteiger partial charge in [-0.3, -0.25) is 4.98 Å². The van der Waals surface area contributed by atoms with E-state index in [0.29, 0.717) is 13.2 Å². The minimum atomic E-state index is 0.582. The van der Waals surface area contributed by atoms with Crippen LogP contribution in [0.4, 0.5) is 0 Å². The molecule has 25 heavy (non-hydrogen) atoms. The molecule has 0 amide bonds. The first-order valence-electron chi connectivity index (χ1n) is 7.73. The smallest absolute Gasteiger partial charge is 0.191 e. The number of pyridine rings is 1. The number of ether oxygens (including phenoxy) is 2. The number of nitrogens with zero attached hydrogens (tertiary/aromatic N) is 4. The van der Waals surface area contributed by atoms with E-state index in [1.165, 1.54) is 0 Å². The highest BCUT2D eigenvalue weighted by Gasteiger charge is 2.16. The van der Waals surface area contributed by atoms with Gasteiger partial charge in [0.2, 0.25) is 0 Å². The monoisotopic (exact) mass is 418 g/mol. The average molecular weight is 419 g/mol. The number of aromatic nitrogens is 4. The zero-order chi connectivity index (χ0) is 17.2. The maximum Gasteiger partial charge on any atom is 0.191 e. The Morgan fingerprint density at radius 3 is 2.76 bits per heavy atom. The minimum Gasteiger partial charge on any atom is -0.486 e. The molecule has 0 saturated heterocycles. The molecule has 8 heteroatoms. The van der Waals surface area contributed by atoms with Crippen LogP contribution < -0.4 is 9.47 Å². The van der Waals surface area contributed by atoms with E-state index >= 15 is 0 Å². The molecule has 6 nitrogen and oxygen atoms in total. The third-order valence-corrected chi connectivity index (χ3v) is 5.63. The Balaban J connectivity index is 1.53. The fraction of sp³-hybridized carbons (Fsp3) is 0.235. The van der Waals surface area contributed by atoms with Crippen LogP contribution in [-0.2, 0) is 12.8 Å². The van der Waals surface area contributed by atoms with Gasteiger partial charge in [0.25, 0.3) is 0 Å². The molecule has 3 heterocycles. The SMILES string of the molecule is Cn1c(SCc2cc3c(cc2Br)OCCO3)nnc1-c1cccnc1. The maximum absolute atomic E-state index is 5.66. The van der Waals surface area contributed by atoms with Crippen LogP contribution in [0.5, 0.6) is 11.5 Å². The summed E-state index contributed by atoms with van der Waals surface area (Å²) in [5.74, 6) is 3.12. The van der Waals surface area contributed by atoms with Crippen molar-refractivity contribution < 1.29 is 9.47 Å². The van der Waals surface area contributed by atoms with E-state index in [-0.39, 0.29) is 0 Å². The lowest BCUT2D eigenvalue weighted by Crippen LogP contribution is -2.15. The highest BCUT2D eigenvalue weighted by atomic mass is 79.9. The maximum atomic E-state index is 5.66. The van der Waals surface area contributed by atoms with E-state index in [0.717, 1.165) is 43.8 Å². The van der Waals surface area contributed by atoms with Crippen LogP contribution in [0.25, 0.3) is 11.4 Å². The number of rotatable bonds is 4. The topological polar surface area (TPSA) is 62.1 Å². The molecule has 0 saturated carbocycles. The number of hydrogen-bond donors (Lipinski definition) is 0. The molecule has 1 aliphatic rings. The summed E-state index contributed by atoms with van der Waals surface area (Å²) < 4.78 is 14.2. The average Bonchev–Trinajstić information content (AvgIpc) is 3.01. The van der Waals surface area contributed by atoms with Crippen molar-refractivity contribution in [1.29, 1.82) is 0 Å². The van der Waals surface area contributed by atoms with Crippen molar-refractivity contribution in [3.63, 3.8) is 0 Å². The highest BCUT2D eigenvalue weighted by molar-refractivity contribution is 9.10. The van der Waals surface area contributed by atoms with Crippen LogP contribution in [0.1, 0.15) is 5.56 Å². The van der Waals surface area contributed by atoms with E-state index in [2.05, 4.69) is 31.1 Å². The van der Waals surface area contributed by atoms with Crippen LogP contribution in [0.2, 0.25) is 0 Å². The van der Waals surface area contributed by atoms with E-state index in [4.69, 9.17) is 9.47 Å². The predicted molar refractivity (Wildman–Crippen MR) is 98.9 cm³/mol. The molecule has 1 aromatic carbocycles. The van der Waals surface area contributed by atoms with E-state index in [1.807, 2.05) is 35.9 Å². The summed E-state index contributed by atoms with van der Waals surface area (Å²) >= 11 is 5.23. The third-order valence-electron chi connectivity index (χ3n) is 3.82. The Kier molecular flexibility index (Phi) is 4.63. The van der Waals surface area contributed by atoms with Gasteiger partial charge >= 0.3 is 0 Å². The largest absolute Gasteiger partial charge is 0.486 e. The molecule has 0 atom stereocenters. The summed E-state index contributed by atoms with van der Waals surface area (Å²) in [5.41, 5.74) is 2.07. The first-order valence-corrected chi connectivity index (χ1v) is 9.51. The minimum absolute atomic E-state index is 0.582. The summed E-state index contributed by atoms with van der Waals surface area (Å²) in [6, 6.07) is 7.85. The number of halogens is 1. The molecule has 0 fully saturated rings. The first kappa shape index (κ1) is 16.4. The van der Waals surface area contributed by atoms with Crippen LogP contribution >= 0.6 is 27.7 Å². The zero-order valence-corrected chi connectivity index (χ0v) is 15.9. The molecule has 0 aliphatic carbocycles. The van der Waals surface area contributed by atoms with Crippen LogP contribution in [-0.4, -0.2) is 33.0 Å². The predicted octanol–water partition coefficient (Wildman–Crippen LogP) is 3.70. The molecule has 128 valence electrons. The fourth-order valence-electron chi connectivity index (χ4n) is 2.55. The molecule has 0 N–H and O–H groups in total. The molecule has 1 aliphatic heterocycles. The van der Waals surface area contributed by atoms with Crippen LogP contribution in [0.3, 0.4) is 0 Å². The quantitative estimate of drug-likeness (QED) is 0.601. The standard InChI is InChI=1S/C17H15BrN4O2S/c1-22-16(11-3-2-4-19-9-11)20-21-17(22)25-10-12-7-14-15(8-13(12)18)24-6-5-23-14/h2-4,7-9H,5-6,10H2,1H3. The van der Waals surface area contributed by atoms with Crippen molar-refractivity contribution in [1.82, 2.24) is 19.7 Å². The van der Waals surface area contributed by atoms with Gasteiger partial charge < -0.3 is 14.0 Å². The van der Waals surface area contributed by atoms with Gasteiger partial charge in [-0.1, -0.05) is 27.7 Å². The van der Waals surface area contributed by atoms with Gasteiger partial charge in [0.1, 0.15) is 13.2 Å². The Morgan fingerprint density at radius 1 is 1.20 bits per heavy atom. The van der Waals surface area contributed by atoms with Crippen LogP contribution in [0, 0.1) is 0 Å². The second-order valence-corrected chi connectivity index (χ2v) is 7.28. The van der Waals surface area contributed by atoms with Gasteiger partial charge in [-0.2, -0.15) is 0 Å². The zero-order valence-electron chi connectivity index (χ0n) is 13.5. The molecular formula is C17H15BrN4O2S. The molecule has 2 aromatic heterocycles. The third kappa shape index (κ3) is 3.36. The molecule has 4 rings (SSSR count). The number of fused-ring (bicyclic) bond motifs is 1. The van der Waals surface area contributed by atoms with E-state index in [9.17, 15) is 0 Å². The van der Waals surface area contributed by atoms with Crippen molar-refractivity contribution in [3.8, 4) is 22.9 Å². The first-order chi connectivity index (χ1) is 12.2. The Hall–Kier alpha value is -2.06. The normalized spacial score (nSPS) is 13.0. The van der Waals surface area contributed by atoms with Crippen molar-refractivity contribution in [3.05, 3.63) is 46.7 Å². The highest BCUT2D eigenvalue weighted by Crippen LogP contribution is 2.37. The molecular weight excluding hydrogens is 404 g/mol. The lowest BCUT2D eigenvalue weighted by molar-refractivity contribution is 0.171. The van der Waals surface area contributed by atoms with Gasteiger partial charge in [0.15, 0.2) is 22.5 Å². The number of benzene rings is 1. The molecule has 0 unspecified atom stereocenters. The Morgan fingerprint density at radius 2 is 2.00 bits per heavy atom. The summed E-state index contributed by atoms with van der Waals surface area (Å²) in [5, 5.41) is 9.44. The van der Waals surface area contributed by atoms with Crippen LogP contribution in [0.15, 0.2) is 46.3 Å². The second kappa shape index (κ2) is 7.05. The van der Waals surface area contributed by atoms with Crippen molar-refractivity contribution >= 4 is 27.7 Å². The fourth-order valence-corrected chi connectivity index (χ4v) is 4.10. The number of thioether (sulfide) groups is 1. The van der Waals surface area contributed by atoms with E-state index in [1.54, 1.807) is 24.2 Å². The summed E-state index contributed by atoms with van der Waals surface area (Å²) in [6.45, 7) is 1.17. The summed E-state index contributed by atoms with van der Waals surface area (Å²) in [7, 11) is 1.96. The van der Waals surface area contributed by atoms with Gasteiger partial charge in [0.05, 0.1) is 0 Å². The Labute approximate surface area is 157 Å². The van der Waals surface area contributed by atoms with Crippen molar-refractivity contribution in [2.24, 2.45) is 7.05 Å². The van der Waals surface area contributed by atoms with Gasteiger partial charge in [-0.05, 0) is 29.8 Å². The van der Waals surface area contributed by atoms with Gasteiger partial charge in [0, 0.05) is 35.2 Å². The van der Waals surface area contributed by atoms with Gasteiger partial charge in [-0.15, -0.1) is 10.2 Å². The van der Waals surface area contributed by atoms with Crippen molar-refractivity contribution in [2.75, 3.05) is 13.2 Å². The molecule has 0 bridgehead atoms. The lowest BCUT2D eigenvalue weighted by atomic mass is 10.2. The summed E-state index contributed by atoms with van der Waals surface area (Å²) in [4.78, 5) is 4.14. The molecule has 3 aromatic rings. The second-order valence-electron chi connectivity index (χ2n) is 5.48. The molecule has 0 spiro atoms.